The molecule has 0 aromatic heterocycles. The molecule has 0 aliphatic carbocycles. The molecule has 0 bridgehead atoms. The van der Waals surface area contributed by atoms with E-state index in [0.29, 0.717) is 17.1 Å². The van der Waals surface area contributed by atoms with Gasteiger partial charge in [0.2, 0.25) is 5.91 Å². The highest BCUT2D eigenvalue weighted by Gasteiger charge is 2.18. The van der Waals surface area contributed by atoms with E-state index in [-0.39, 0.29) is 24.1 Å². The van der Waals surface area contributed by atoms with Crippen LogP contribution in [0.4, 0.5) is 5.69 Å². The number of benzene rings is 1. The molecule has 1 aromatic rings. The van der Waals surface area contributed by atoms with Crippen molar-refractivity contribution in [1.29, 1.82) is 0 Å². The summed E-state index contributed by atoms with van der Waals surface area (Å²) in [7, 11) is 3.44. The second-order valence-corrected chi connectivity index (χ2v) is 5.09. The molecular formula is C13H18ClN3O3. The van der Waals surface area contributed by atoms with Crippen LogP contribution in [0.5, 0.6) is 0 Å². The van der Waals surface area contributed by atoms with Gasteiger partial charge in [0.15, 0.2) is 0 Å². The van der Waals surface area contributed by atoms with Gasteiger partial charge in [-0.05, 0) is 18.7 Å². The highest BCUT2D eigenvalue weighted by molar-refractivity contribution is 6.31. The Kier molecular flexibility index (Phi) is 5.91. The number of nitro groups is 1. The van der Waals surface area contributed by atoms with Crippen LogP contribution in [0, 0.1) is 16.0 Å². The number of carbonyl (C=O) groups excluding carboxylic acids is 1. The molecule has 1 rings (SSSR count). The van der Waals surface area contributed by atoms with Crippen LogP contribution in [0.3, 0.4) is 0 Å². The Morgan fingerprint density at radius 3 is 2.75 bits per heavy atom. The van der Waals surface area contributed by atoms with Crippen LogP contribution in [0.1, 0.15) is 12.5 Å². The quantitative estimate of drug-likeness (QED) is 0.644. The lowest BCUT2D eigenvalue weighted by atomic mass is 10.1. The Morgan fingerprint density at radius 2 is 2.20 bits per heavy atom. The topological polar surface area (TPSA) is 75.5 Å². The summed E-state index contributed by atoms with van der Waals surface area (Å²) in [6, 6.07) is 4.22. The third kappa shape index (κ3) is 4.18. The molecule has 7 heteroatoms. The zero-order valence-electron chi connectivity index (χ0n) is 11.7. The number of nitrogens with one attached hydrogen (secondary N) is 1. The summed E-state index contributed by atoms with van der Waals surface area (Å²) in [6.45, 7) is 2.64. The van der Waals surface area contributed by atoms with Crippen molar-refractivity contribution in [2.45, 2.75) is 13.5 Å². The molecule has 0 fully saturated rings. The second kappa shape index (κ2) is 7.21. The van der Waals surface area contributed by atoms with Crippen molar-refractivity contribution in [3.05, 3.63) is 38.9 Å². The monoisotopic (exact) mass is 299 g/mol. The predicted octanol–water partition coefficient (Wildman–Crippen LogP) is 2.06. The van der Waals surface area contributed by atoms with E-state index in [9.17, 15) is 14.9 Å². The van der Waals surface area contributed by atoms with Crippen LogP contribution in [0.25, 0.3) is 0 Å². The molecule has 6 nitrogen and oxygen atoms in total. The molecule has 0 spiro atoms. The van der Waals surface area contributed by atoms with Crippen molar-refractivity contribution >= 4 is 23.2 Å². The van der Waals surface area contributed by atoms with E-state index in [4.69, 9.17) is 11.6 Å². The first-order valence-electron chi connectivity index (χ1n) is 6.19. The molecule has 1 atom stereocenters. The summed E-state index contributed by atoms with van der Waals surface area (Å²) in [6.07, 6.45) is 0. The van der Waals surface area contributed by atoms with E-state index in [2.05, 4.69) is 5.32 Å². The van der Waals surface area contributed by atoms with Crippen molar-refractivity contribution in [3.63, 3.8) is 0 Å². The van der Waals surface area contributed by atoms with E-state index in [1.807, 2.05) is 6.92 Å². The first kappa shape index (κ1) is 16.4. The minimum absolute atomic E-state index is 0.0338. The minimum Gasteiger partial charge on any atom is -0.341 e. The van der Waals surface area contributed by atoms with Crippen LogP contribution in [-0.4, -0.2) is 36.4 Å². The SMILES string of the molecule is CNCC(C)C(=O)N(C)Cc1cc([N+](=O)[O-])ccc1Cl. The maximum atomic E-state index is 12.1. The summed E-state index contributed by atoms with van der Waals surface area (Å²) in [4.78, 5) is 23.9. The van der Waals surface area contributed by atoms with Crippen molar-refractivity contribution in [2.75, 3.05) is 20.6 Å². The maximum Gasteiger partial charge on any atom is 0.269 e. The molecule has 0 aliphatic rings. The number of rotatable bonds is 6. The third-order valence-corrected chi connectivity index (χ3v) is 3.32. The number of non-ortho nitro benzene ring substituents is 1. The predicted molar refractivity (Wildman–Crippen MR) is 77.7 cm³/mol. The molecule has 1 amide bonds. The Balaban J connectivity index is 2.84. The van der Waals surface area contributed by atoms with Gasteiger partial charge in [0.25, 0.3) is 5.69 Å². The first-order valence-corrected chi connectivity index (χ1v) is 6.57. The average Bonchev–Trinajstić information content (AvgIpc) is 2.40. The van der Waals surface area contributed by atoms with E-state index < -0.39 is 4.92 Å². The van der Waals surface area contributed by atoms with Gasteiger partial charge >= 0.3 is 0 Å². The number of hydrogen-bond donors (Lipinski definition) is 1. The zero-order valence-corrected chi connectivity index (χ0v) is 12.5. The Morgan fingerprint density at radius 1 is 1.55 bits per heavy atom. The molecule has 20 heavy (non-hydrogen) atoms. The van der Waals surface area contributed by atoms with E-state index in [1.54, 1.807) is 14.1 Å². The van der Waals surface area contributed by atoms with Crippen LogP contribution < -0.4 is 5.32 Å². The third-order valence-electron chi connectivity index (χ3n) is 2.96. The first-order chi connectivity index (χ1) is 9.36. The Labute approximate surface area is 122 Å². The van der Waals surface area contributed by atoms with Crippen molar-refractivity contribution in [1.82, 2.24) is 10.2 Å². The minimum atomic E-state index is -0.481. The summed E-state index contributed by atoms with van der Waals surface area (Å²) < 4.78 is 0. The lowest BCUT2D eigenvalue weighted by Gasteiger charge is -2.21. The summed E-state index contributed by atoms with van der Waals surface area (Å²) in [5.74, 6) is -0.204. The van der Waals surface area contributed by atoms with E-state index in [0.717, 1.165) is 0 Å². The lowest BCUT2D eigenvalue weighted by molar-refractivity contribution is -0.384. The van der Waals surface area contributed by atoms with Gasteiger partial charge in [-0.2, -0.15) is 0 Å². The molecule has 1 unspecified atom stereocenters. The largest absolute Gasteiger partial charge is 0.341 e. The van der Waals surface area contributed by atoms with Gasteiger partial charge in [-0.15, -0.1) is 0 Å². The van der Waals surface area contributed by atoms with Gasteiger partial charge in [0.05, 0.1) is 4.92 Å². The van der Waals surface area contributed by atoms with Crippen molar-refractivity contribution < 1.29 is 9.72 Å². The number of hydrogen-bond acceptors (Lipinski definition) is 4. The second-order valence-electron chi connectivity index (χ2n) is 4.69. The van der Waals surface area contributed by atoms with Gasteiger partial charge < -0.3 is 10.2 Å². The van der Waals surface area contributed by atoms with E-state index >= 15 is 0 Å². The zero-order chi connectivity index (χ0) is 15.3. The average molecular weight is 300 g/mol. The number of nitrogens with zero attached hydrogens (tertiary/aromatic N) is 2. The van der Waals surface area contributed by atoms with Crippen molar-refractivity contribution in [3.8, 4) is 0 Å². The van der Waals surface area contributed by atoms with Crippen molar-refractivity contribution in [2.24, 2.45) is 5.92 Å². The normalized spacial score (nSPS) is 12.0. The molecule has 1 N–H and O–H groups in total. The number of carbonyl (C=O) groups is 1. The highest BCUT2D eigenvalue weighted by atomic mass is 35.5. The smallest absolute Gasteiger partial charge is 0.269 e. The van der Waals surface area contributed by atoms with Gasteiger partial charge in [0, 0.05) is 43.2 Å². The van der Waals surface area contributed by atoms with Crippen LogP contribution >= 0.6 is 11.6 Å². The molecule has 110 valence electrons. The lowest BCUT2D eigenvalue weighted by Crippen LogP contribution is -2.35. The van der Waals surface area contributed by atoms with Crippen LogP contribution in [0.2, 0.25) is 5.02 Å². The maximum absolute atomic E-state index is 12.1. The fourth-order valence-electron chi connectivity index (χ4n) is 1.90. The summed E-state index contributed by atoms with van der Waals surface area (Å²) in [5, 5.41) is 14.1. The number of amides is 1. The molecule has 0 heterocycles. The van der Waals surface area contributed by atoms with Gasteiger partial charge in [-0.25, -0.2) is 0 Å². The molecule has 0 aliphatic heterocycles. The summed E-state index contributed by atoms with van der Waals surface area (Å²) >= 11 is 6.02. The fourth-order valence-corrected chi connectivity index (χ4v) is 2.08. The molecule has 1 aromatic carbocycles. The highest BCUT2D eigenvalue weighted by Crippen LogP contribution is 2.23. The van der Waals surface area contributed by atoms with Crippen LogP contribution in [-0.2, 0) is 11.3 Å². The molecule has 0 saturated carbocycles. The van der Waals surface area contributed by atoms with Gasteiger partial charge in [-0.3, -0.25) is 14.9 Å². The van der Waals surface area contributed by atoms with Gasteiger partial charge in [-0.1, -0.05) is 18.5 Å². The number of halogens is 1. The molecule has 0 saturated heterocycles. The van der Waals surface area contributed by atoms with Crippen LogP contribution in [0.15, 0.2) is 18.2 Å². The van der Waals surface area contributed by atoms with Gasteiger partial charge in [0.1, 0.15) is 0 Å². The molecule has 0 radical (unpaired) electrons. The fraction of sp³-hybridized carbons (Fsp3) is 0.462. The van der Waals surface area contributed by atoms with E-state index in [1.165, 1.54) is 23.1 Å². The Bertz CT molecular complexity index is 508. The Hall–Kier alpha value is -1.66. The number of nitro benzene ring substituents is 1. The standard InChI is InChI=1S/C13H18ClN3O3/c1-9(7-15-2)13(18)16(3)8-10-6-11(17(19)20)4-5-12(10)14/h4-6,9,15H,7-8H2,1-3H3. The molecular weight excluding hydrogens is 282 g/mol. The summed E-state index contributed by atoms with van der Waals surface area (Å²) in [5.41, 5.74) is 0.530.